The van der Waals surface area contributed by atoms with E-state index in [0.717, 1.165) is 5.56 Å². The van der Waals surface area contributed by atoms with Gasteiger partial charge in [-0.2, -0.15) is 0 Å². The molecule has 7 nitrogen and oxygen atoms in total. The molecule has 0 heterocycles. The summed E-state index contributed by atoms with van der Waals surface area (Å²) in [6.45, 7) is 7.71. The maximum absolute atomic E-state index is 13.2. The first-order chi connectivity index (χ1) is 15.2. The van der Waals surface area contributed by atoms with Crippen molar-refractivity contribution < 1.29 is 23.8 Å². The fraction of sp³-hybridized carbons (Fsp3) is 0.440. The quantitative estimate of drug-likeness (QED) is 0.606. The third-order valence-corrected chi connectivity index (χ3v) is 4.79. The second-order valence-corrected chi connectivity index (χ2v) is 8.50. The summed E-state index contributed by atoms with van der Waals surface area (Å²) in [5.74, 6) is 1.47. The second-order valence-electron chi connectivity index (χ2n) is 8.50. The van der Waals surface area contributed by atoms with E-state index in [1.807, 2.05) is 52.0 Å². The van der Waals surface area contributed by atoms with Crippen molar-refractivity contribution in [3.05, 3.63) is 54.1 Å². The predicted octanol–water partition coefficient (Wildman–Crippen LogP) is 3.80. The molecule has 1 atom stereocenters. The van der Waals surface area contributed by atoms with E-state index in [4.69, 9.17) is 14.2 Å². The van der Waals surface area contributed by atoms with Crippen LogP contribution in [-0.2, 0) is 16.1 Å². The van der Waals surface area contributed by atoms with Crippen molar-refractivity contribution in [2.24, 2.45) is 0 Å². The average Bonchev–Trinajstić information content (AvgIpc) is 2.76. The Morgan fingerprint density at radius 2 is 1.59 bits per heavy atom. The van der Waals surface area contributed by atoms with Gasteiger partial charge in [-0.15, -0.1) is 0 Å². The summed E-state index contributed by atoms with van der Waals surface area (Å²) in [6, 6.07) is 13.8. The number of hydrogen-bond donors (Lipinski definition) is 1. The predicted molar refractivity (Wildman–Crippen MR) is 124 cm³/mol. The van der Waals surface area contributed by atoms with Crippen molar-refractivity contribution in [2.45, 2.75) is 52.2 Å². The van der Waals surface area contributed by atoms with Gasteiger partial charge >= 0.3 is 0 Å². The van der Waals surface area contributed by atoms with Crippen LogP contribution >= 0.6 is 0 Å². The summed E-state index contributed by atoms with van der Waals surface area (Å²) in [5.41, 5.74) is 0.457. The van der Waals surface area contributed by atoms with E-state index in [0.29, 0.717) is 23.7 Å². The number of benzene rings is 2. The Hall–Kier alpha value is -3.22. The molecule has 2 aromatic carbocycles. The van der Waals surface area contributed by atoms with Gasteiger partial charge in [-0.25, -0.2) is 0 Å². The monoisotopic (exact) mass is 442 g/mol. The zero-order valence-electron chi connectivity index (χ0n) is 19.8. The van der Waals surface area contributed by atoms with Crippen LogP contribution in [0.4, 0.5) is 0 Å². The first kappa shape index (κ1) is 25.0. The van der Waals surface area contributed by atoms with Gasteiger partial charge in [0, 0.05) is 12.1 Å². The Kier molecular flexibility index (Phi) is 8.93. The van der Waals surface area contributed by atoms with Crippen LogP contribution < -0.4 is 19.5 Å². The fourth-order valence-electron chi connectivity index (χ4n) is 3.24. The minimum Gasteiger partial charge on any atom is -0.497 e. The van der Waals surface area contributed by atoms with Crippen LogP contribution in [0.25, 0.3) is 0 Å². The molecule has 2 amide bonds. The standard InChI is InChI=1S/C25H34N2O5/c1-7-22(24(29)26-25(2,3)4)27(16-18-9-8-10-21(15-18)31-6)23(28)17-32-20-13-11-19(30-5)12-14-20/h8-15,22H,7,16-17H2,1-6H3,(H,26,29)/t22-/m0/s1. The third kappa shape index (κ3) is 7.48. The van der Waals surface area contributed by atoms with Crippen molar-refractivity contribution in [2.75, 3.05) is 20.8 Å². The fourth-order valence-corrected chi connectivity index (χ4v) is 3.24. The minimum atomic E-state index is -0.632. The molecule has 0 unspecified atom stereocenters. The van der Waals surface area contributed by atoms with Crippen LogP contribution in [0.5, 0.6) is 17.2 Å². The van der Waals surface area contributed by atoms with E-state index in [2.05, 4.69) is 5.32 Å². The van der Waals surface area contributed by atoms with E-state index in [1.54, 1.807) is 43.4 Å². The number of carbonyl (C=O) groups is 2. The highest BCUT2D eigenvalue weighted by Gasteiger charge is 2.31. The zero-order valence-corrected chi connectivity index (χ0v) is 19.8. The van der Waals surface area contributed by atoms with E-state index < -0.39 is 11.6 Å². The van der Waals surface area contributed by atoms with Crippen molar-refractivity contribution in [1.82, 2.24) is 10.2 Å². The number of methoxy groups -OCH3 is 2. The molecule has 1 N–H and O–H groups in total. The molecule has 2 aromatic rings. The Morgan fingerprint density at radius 1 is 0.969 bits per heavy atom. The minimum absolute atomic E-state index is 0.185. The van der Waals surface area contributed by atoms with Gasteiger partial charge in [0.15, 0.2) is 6.61 Å². The lowest BCUT2D eigenvalue weighted by molar-refractivity contribution is -0.143. The first-order valence-electron chi connectivity index (χ1n) is 10.7. The molecule has 0 bridgehead atoms. The molecule has 2 rings (SSSR count). The summed E-state index contributed by atoms with van der Waals surface area (Å²) in [5, 5.41) is 2.99. The van der Waals surface area contributed by atoms with E-state index in [1.165, 1.54) is 0 Å². The van der Waals surface area contributed by atoms with Crippen LogP contribution in [0.15, 0.2) is 48.5 Å². The molecule has 0 fully saturated rings. The van der Waals surface area contributed by atoms with Gasteiger partial charge in [0.25, 0.3) is 5.91 Å². The average molecular weight is 443 g/mol. The molecule has 0 saturated heterocycles. The van der Waals surface area contributed by atoms with Crippen molar-refractivity contribution >= 4 is 11.8 Å². The van der Waals surface area contributed by atoms with Gasteiger partial charge in [0.05, 0.1) is 14.2 Å². The summed E-state index contributed by atoms with van der Waals surface area (Å²) < 4.78 is 16.2. The Morgan fingerprint density at radius 3 is 2.16 bits per heavy atom. The molecule has 0 aliphatic rings. The Bertz CT molecular complexity index is 890. The third-order valence-electron chi connectivity index (χ3n) is 4.79. The molecule has 0 radical (unpaired) electrons. The number of hydrogen-bond acceptors (Lipinski definition) is 5. The second kappa shape index (κ2) is 11.4. The Labute approximate surface area is 190 Å². The zero-order chi connectivity index (χ0) is 23.7. The molecule has 0 aliphatic heterocycles. The maximum Gasteiger partial charge on any atom is 0.261 e. The van der Waals surface area contributed by atoms with Crippen LogP contribution in [0, 0.1) is 0 Å². The molecule has 7 heteroatoms. The Balaban J connectivity index is 2.23. The summed E-state index contributed by atoms with van der Waals surface area (Å²) in [4.78, 5) is 27.8. The van der Waals surface area contributed by atoms with Crippen LogP contribution in [0.3, 0.4) is 0 Å². The van der Waals surface area contributed by atoms with Gasteiger partial charge < -0.3 is 24.4 Å². The number of nitrogens with one attached hydrogen (secondary N) is 1. The number of nitrogens with zero attached hydrogens (tertiary/aromatic N) is 1. The van der Waals surface area contributed by atoms with Crippen molar-refractivity contribution in [3.63, 3.8) is 0 Å². The summed E-state index contributed by atoms with van der Waals surface area (Å²) in [6.07, 6.45) is 0.472. The molecule has 0 saturated carbocycles. The number of rotatable bonds is 10. The lowest BCUT2D eigenvalue weighted by atomic mass is 10.1. The molecule has 32 heavy (non-hydrogen) atoms. The highest BCUT2D eigenvalue weighted by Crippen LogP contribution is 2.20. The molecule has 0 aromatic heterocycles. The maximum atomic E-state index is 13.2. The molecular formula is C25H34N2O5. The van der Waals surface area contributed by atoms with Crippen LogP contribution in [-0.4, -0.2) is 49.1 Å². The first-order valence-corrected chi connectivity index (χ1v) is 10.7. The van der Waals surface area contributed by atoms with Gasteiger partial charge in [0.2, 0.25) is 5.91 Å². The summed E-state index contributed by atoms with van der Waals surface area (Å²) >= 11 is 0. The smallest absolute Gasteiger partial charge is 0.261 e. The van der Waals surface area contributed by atoms with E-state index in [-0.39, 0.29) is 25.0 Å². The van der Waals surface area contributed by atoms with Gasteiger partial charge in [0.1, 0.15) is 23.3 Å². The van der Waals surface area contributed by atoms with Crippen LogP contribution in [0.1, 0.15) is 39.7 Å². The molecule has 174 valence electrons. The summed E-state index contributed by atoms with van der Waals surface area (Å²) in [7, 11) is 3.18. The van der Waals surface area contributed by atoms with Crippen LogP contribution in [0.2, 0.25) is 0 Å². The van der Waals surface area contributed by atoms with Crippen molar-refractivity contribution in [3.8, 4) is 17.2 Å². The number of ether oxygens (including phenoxy) is 3. The largest absolute Gasteiger partial charge is 0.497 e. The number of amides is 2. The van der Waals surface area contributed by atoms with Gasteiger partial charge in [-0.05, 0) is 69.2 Å². The lowest BCUT2D eigenvalue weighted by Gasteiger charge is -2.33. The molecular weight excluding hydrogens is 408 g/mol. The highest BCUT2D eigenvalue weighted by atomic mass is 16.5. The highest BCUT2D eigenvalue weighted by molar-refractivity contribution is 5.88. The number of carbonyl (C=O) groups excluding carboxylic acids is 2. The van der Waals surface area contributed by atoms with E-state index in [9.17, 15) is 9.59 Å². The van der Waals surface area contributed by atoms with Gasteiger partial charge in [-0.3, -0.25) is 9.59 Å². The SMILES string of the molecule is CC[C@@H](C(=O)NC(C)(C)C)N(Cc1cccc(OC)c1)C(=O)COc1ccc(OC)cc1. The molecule has 0 aliphatic carbocycles. The lowest BCUT2D eigenvalue weighted by Crippen LogP contribution is -2.54. The normalized spacial score (nSPS) is 11.9. The van der Waals surface area contributed by atoms with E-state index >= 15 is 0 Å². The van der Waals surface area contributed by atoms with Crippen molar-refractivity contribution in [1.29, 1.82) is 0 Å². The van der Waals surface area contributed by atoms with Gasteiger partial charge in [-0.1, -0.05) is 19.1 Å². The molecule has 0 spiro atoms. The topological polar surface area (TPSA) is 77.1 Å².